The van der Waals surface area contributed by atoms with Crippen LogP contribution >= 0.6 is 0 Å². The molecule has 0 spiro atoms. The summed E-state index contributed by atoms with van der Waals surface area (Å²) in [6.07, 6.45) is 3.29. The zero-order valence-corrected chi connectivity index (χ0v) is 19.2. The summed E-state index contributed by atoms with van der Waals surface area (Å²) in [5.74, 6) is 0.764. The Morgan fingerprint density at radius 2 is 1.79 bits per heavy atom. The summed E-state index contributed by atoms with van der Waals surface area (Å²) in [4.78, 5) is 11.9. The number of anilines is 3. The fraction of sp³-hybridized carbons (Fsp3) is 0.174. The number of aromatic nitrogens is 5. The predicted molar refractivity (Wildman–Crippen MR) is 128 cm³/mol. The van der Waals surface area contributed by atoms with Crippen molar-refractivity contribution >= 4 is 44.0 Å². The Morgan fingerprint density at radius 1 is 1.00 bits per heavy atom. The van der Waals surface area contributed by atoms with E-state index in [2.05, 4.69) is 25.4 Å². The number of rotatable bonds is 5. The van der Waals surface area contributed by atoms with E-state index in [-0.39, 0.29) is 4.90 Å². The van der Waals surface area contributed by atoms with Gasteiger partial charge in [0, 0.05) is 11.2 Å². The van der Waals surface area contributed by atoms with Crippen molar-refractivity contribution in [2.24, 2.45) is 0 Å². The van der Waals surface area contributed by atoms with E-state index in [0.717, 1.165) is 16.7 Å². The van der Waals surface area contributed by atoms with Crippen LogP contribution in [0, 0.1) is 0 Å². The molecule has 0 amide bonds. The summed E-state index contributed by atoms with van der Waals surface area (Å²) in [5, 5.41) is 7.79. The maximum Gasteiger partial charge on any atom is 0.265 e. The van der Waals surface area contributed by atoms with Gasteiger partial charge in [0.25, 0.3) is 10.0 Å². The van der Waals surface area contributed by atoms with Gasteiger partial charge in [0.1, 0.15) is 5.82 Å². The monoisotopic (exact) mass is 461 g/mol. The van der Waals surface area contributed by atoms with Gasteiger partial charge in [-0.25, -0.2) is 27.2 Å². The number of H-pyrrole nitrogens is 1. The van der Waals surface area contributed by atoms with E-state index in [4.69, 9.17) is 0 Å². The van der Waals surface area contributed by atoms with E-state index >= 15 is 0 Å². The molecule has 0 bridgehead atoms. The van der Waals surface area contributed by atoms with E-state index in [1.54, 1.807) is 59.5 Å². The molecular formula is C23H23N7O2S. The minimum absolute atomic E-state index is 0.218. The SMILES string of the molecule is CC(C)(C)N(c1ccc2cnc(Nc3ccc4nc[nH]c4c3)nn12)S(=O)(=O)c1ccccc1. The summed E-state index contributed by atoms with van der Waals surface area (Å²) >= 11 is 0. The zero-order valence-electron chi connectivity index (χ0n) is 18.4. The molecule has 0 aliphatic heterocycles. The first-order valence-corrected chi connectivity index (χ1v) is 11.8. The number of hydrogen-bond donors (Lipinski definition) is 2. The van der Waals surface area contributed by atoms with Gasteiger partial charge in [0.15, 0.2) is 0 Å². The topological polar surface area (TPSA) is 108 Å². The van der Waals surface area contributed by atoms with Gasteiger partial charge >= 0.3 is 0 Å². The lowest BCUT2D eigenvalue weighted by molar-refractivity contribution is 0.530. The second kappa shape index (κ2) is 7.59. The van der Waals surface area contributed by atoms with Crippen molar-refractivity contribution in [1.82, 2.24) is 24.6 Å². The van der Waals surface area contributed by atoms with Gasteiger partial charge in [-0.3, -0.25) is 0 Å². The molecule has 168 valence electrons. The lowest BCUT2D eigenvalue weighted by Gasteiger charge is -2.35. The minimum atomic E-state index is -3.84. The normalized spacial score (nSPS) is 12.3. The summed E-state index contributed by atoms with van der Waals surface area (Å²) in [7, 11) is -3.84. The smallest absolute Gasteiger partial charge is 0.265 e. The number of benzene rings is 2. The highest BCUT2D eigenvalue weighted by Gasteiger charge is 2.36. The van der Waals surface area contributed by atoms with Crippen LogP contribution in [-0.2, 0) is 10.0 Å². The molecule has 0 unspecified atom stereocenters. The molecule has 5 rings (SSSR count). The molecule has 5 aromatic rings. The Kier molecular flexibility index (Phi) is 4.82. The van der Waals surface area contributed by atoms with Gasteiger partial charge in [-0.15, -0.1) is 5.10 Å². The number of fused-ring (bicyclic) bond motifs is 2. The maximum absolute atomic E-state index is 13.6. The van der Waals surface area contributed by atoms with Crippen LogP contribution < -0.4 is 9.62 Å². The van der Waals surface area contributed by atoms with Crippen molar-refractivity contribution in [3.63, 3.8) is 0 Å². The van der Waals surface area contributed by atoms with Crippen LogP contribution in [0.2, 0.25) is 0 Å². The minimum Gasteiger partial charge on any atom is -0.345 e. The Hall–Kier alpha value is -3.92. The number of sulfonamides is 1. The molecule has 3 heterocycles. The van der Waals surface area contributed by atoms with Gasteiger partial charge < -0.3 is 10.3 Å². The van der Waals surface area contributed by atoms with Gasteiger partial charge in [-0.2, -0.15) is 0 Å². The molecule has 0 radical (unpaired) electrons. The average molecular weight is 462 g/mol. The summed E-state index contributed by atoms with van der Waals surface area (Å²) in [6, 6.07) is 17.6. The molecule has 0 atom stereocenters. The third-order valence-electron chi connectivity index (χ3n) is 5.15. The fourth-order valence-corrected chi connectivity index (χ4v) is 5.58. The number of hydrogen-bond acceptors (Lipinski definition) is 6. The summed E-state index contributed by atoms with van der Waals surface area (Å²) in [6.45, 7) is 5.56. The molecular weight excluding hydrogens is 438 g/mol. The van der Waals surface area contributed by atoms with Crippen LogP contribution in [0.15, 0.2) is 78.1 Å². The number of imidazole rings is 1. The van der Waals surface area contributed by atoms with Crippen LogP contribution in [0.5, 0.6) is 0 Å². The molecule has 0 saturated carbocycles. The predicted octanol–water partition coefficient (Wildman–Crippen LogP) is 4.34. The molecule has 2 N–H and O–H groups in total. The highest BCUT2D eigenvalue weighted by molar-refractivity contribution is 7.92. The maximum atomic E-state index is 13.6. The fourth-order valence-electron chi connectivity index (χ4n) is 3.77. The van der Waals surface area contributed by atoms with Gasteiger partial charge in [-0.1, -0.05) is 18.2 Å². The third-order valence-corrected chi connectivity index (χ3v) is 7.24. The third kappa shape index (κ3) is 3.78. The average Bonchev–Trinajstić information content (AvgIpc) is 3.40. The molecule has 33 heavy (non-hydrogen) atoms. The first-order chi connectivity index (χ1) is 15.7. The Morgan fingerprint density at radius 3 is 2.55 bits per heavy atom. The Bertz CT molecular complexity index is 1550. The van der Waals surface area contributed by atoms with Crippen molar-refractivity contribution in [2.45, 2.75) is 31.2 Å². The lowest BCUT2D eigenvalue weighted by Crippen LogP contribution is -2.46. The van der Waals surface area contributed by atoms with Crippen molar-refractivity contribution in [2.75, 3.05) is 9.62 Å². The largest absolute Gasteiger partial charge is 0.345 e. The van der Waals surface area contributed by atoms with Gasteiger partial charge in [-0.05, 0) is 63.2 Å². The molecule has 2 aromatic carbocycles. The Labute approximate surface area is 191 Å². The van der Waals surface area contributed by atoms with Crippen molar-refractivity contribution in [3.8, 4) is 0 Å². The standard InChI is InChI=1S/C23H23N7O2S/c1-23(2,3)30(33(31,32)18-7-5-4-6-8-18)21-12-10-17-14-24-22(28-29(17)21)27-16-9-11-19-20(13-16)26-15-25-19/h4-15H,1-3H3,(H,25,26)(H,27,28). The molecule has 3 aromatic heterocycles. The van der Waals surface area contributed by atoms with Crippen molar-refractivity contribution < 1.29 is 8.42 Å². The van der Waals surface area contributed by atoms with E-state index in [9.17, 15) is 8.42 Å². The molecule has 9 nitrogen and oxygen atoms in total. The number of aromatic amines is 1. The van der Waals surface area contributed by atoms with Crippen LogP contribution in [-0.4, -0.2) is 38.5 Å². The summed E-state index contributed by atoms with van der Waals surface area (Å²) in [5.41, 5.74) is 2.46. The van der Waals surface area contributed by atoms with Crippen LogP contribution in [0.4, 0.5) is 17.5 Å². The van der Waals surface area contributed by atoms with E-state index in [0.29, 0.717) is 17.3 Å². The van der Waals surface area contributed by atoms with Crippen molar-refractivity contribution in [3.05, 3.63) is 73.2 Å². The first-order valence-electron chi connectivity index (χ1n) is 10.4. The highest BCUT2D eigenvalue weighted by Crippen LogP contribution is 2.32. The molecule has 0 aliphatic carbocycles. The molecule has 0 aliphatic rings. The first kappa shape index (κ1) is 21.0. The van der Waals surface area contributed by atoms with Gasteiger partial charge in [0.05, 0.1) is 34.0 Å². The van der Waals surface area contributed by atoms with Crippen LogP contribution in [0.1, 0.15) is 20.8 Å². The second-order valence-corrected chi connectivity index (χ2v) is 10.4. The molecule has 10 heteroatoms. The molecule has 0 saturated heterocycles. The van der Waals surface area contributed by atoms with Crippen LogP contribution in [0.25, 0.3) is 16.6 Å². The van der Waals surface area contributed by atoms with Gasteiger partial charge in [0.2, 0.25) is 5.95 Å². The van der Waals surface area contributed by atoms with Crippen LogP contribution in [0.3, 0.4) is 0 Å². The van der Waals surface area contributed by atoms with E-state index in [1.165, 1.54) is 4.31 Å². The number of nitrogens with zero attached hydrogens (tertiary/aromatic N) is 5. The second-order valence-electron chi connectivity index (χ2n) is 8.62. The quantitative estimate of drug-likeness (QED) is 0.403. The number of nitrogens with one attached hydrogen (secondary N) is 2. The zero-order chi connectivity index (χ0) is 23.2. The lowest BCUT2D eigenvalue weighted by atomic mass is 10.1. The summed E-state index contributed by atoms with van der Waals surface area (Å²) < 4.78 is 30.3. The Balaban J connectivity index is 1.59. The van der Waals surface area contributed by atoms with E-state index < -0.39 is 15.6 Å². The highest BCUT2D eigenvalue weighted by atomic mass is 32.2. The van der Waals surface area contributed by atoms with E-state index in [1.807, 2.05) is 39.0 Å². The van der Waals surface area contributed by atoms with Crippen molar-refractivity contribution in [1.29, 1.82) is 0 Å². The molecule has 0 fully saturated rings.